The second-order valence-corrected chi connectivity index (χ2v) is 7.43. The molecule has 3 rings (SSSR count). The van der Waals surface area contributed by atoms with Gasteiger partial charge in [-0.2, -0.15) is 0 Å². The van der Waals surface area contributed by atoms with Crippen molar-refractivity contribution in [1.82, 2.24) is 15.2 Å². The van der Waals surface area contributed by atoms with Crippen molar-refractivity contribution in [1.29, 1.82) is 0 Å². The highest BCUT2D eigenvalue weighted by Gasteiger charge is 2.22. The Morgan fingerprint density at radius 2 is 2.19 bits per heavy atom. The Hall–Kier alpha value is -1.76. The maximum absolute atomic E-state index is 13.6. The molecule has 26 heavy (non-hydrogen) atoms. The van der Waals surface area contributed by atoms with Gasteiger partial charge in [0.25, 0.3) is 0 Å². The van der Waals surface area contributed by atoms with E-state index in [0.717, 1.165) is 62.3 Å². The number of halogens is 1. The summed E-state index contributed by atoms with van der Waals surface area (Å²) in [6.45, 7) is 4.52. The fraction of sp³-hybridized carbons (Fsp3) is 0.550. The largest absolute Gasteiger partial charge is 0.396 e. The number of nitrogens with one attached hydrogen (secondary N) is 1. The van der Waals surface area contributed by atoms with Gasteiger partial charge in [-0.3, -0.25) is 0 Å². The molecule has 0 spiro atoms. The van der Waals surface area contributed by atoms with Gasteiger partial charge in [-0.25, -0.2) is 9.37 Å². The summed E-state index contributed by atoms with van der Waals surface area (Å²) in [7, 11) is 4.12. The molecule has 1 aliphatic rings. The minimum Gasteiger partial charge on any atom is -0.396 e. The van der Waals surface area contributed by atoms with Crippen molar-refractivity contribution >= 4 is 16.7 Å². The molecule has 0 aliphatic carbocycles. The van der Waals surface area contributed by atoms with Gasteiger partial charge in [-0.15, -0.1) is 0 Å². The lowest BCUT2D eigenvalue weighted by Crippen LogP contribution is -2.38. The van der Waals surface area contributed by atoms with E-state index in [9.17, 15) is 9.50 Å². The lowest BCUT2D eigenvalue weighted by Gasteiger charge is -2.34. The highest BCUT2D eigenvalue weighted by molar-refractivity contribution is 5.82. The van der Waals surface area contributed by atoms with Crippen LogP contribution in [0.5, 0.6) is 0 Å². The Balaban J connectivity index is 1.87. The zero-order valence-electron chi connectivity index (χ0n) is 15.7. The SMILES string of the molecule is CN(C)CCNCc1cc2ccc(F)cc2nc1N1CCC[C@@H](CO)C1. The molecule has 1 fully saturated rings. The number of fused-ring (bicyclic) bond motifs is 1. The van der Waals surface area contributed by atoms with Crippen LogP contribution in [0, 0.1) is 11.7 Å². The molecule has 1 aromatic carbocycles. The van der Waals surface area contributed by atoms with Crippen molar-refractivity contribution in [3.05, 3.63) is 35.6 Å². The van der Waals surface area contributed by atoms with Gasteiger partial charge < -0.3 is 20.2 Å². The van der Waals surface area contributed by atoms with Crippen LogP contribution in [0.1, 0.15) is 18.4 Å². The quantitative estimate of drug-likeness (QED) is 0.742. The molecule has 0 radical (unpaired) electrons. The third kappa shape index (κ3) is 4.69. The molecule has 0 unspecified atom stereocenters. The number of aliphatic hydroxyl groups excluding tert-OH is 1. The first-order valence-electron chi connectivity index (χ1n) is 9.37. The van der Waals surface area contributed by atoms with Crippen molar-refractivity contribution in [3.8, 4) is 0 Å². The Labute approximate surface area is 154 Å². The van der Waals surface area contributed by atoms with Crippen LogP contribution in [0.4, 0.5) is 10.2 Å². The number of aliphatic hydroxyl groups is 1. The first kappa shape index (κ1) is 19.0. The predicted octanol–water partition coefficient (Wildman–Crippen LogP) is 2.23. The van der Waals surface area contributed by atoms with E-state index in [-0.39, 0.29) is 18.3 Å². The summed E-state index contributed by atoms with van der Waals surface area (Å²) in [4.78, 5) is 9.19. The van der Waals surface area contributed by atoms with Crippen molar-refractivity contribution < 1.29 is 9.50 Å². The second-order valence-electron chi connectivity index (χ2n) is 7.43. The number of rotatable bonds is 7. The zero-order valence-corrected chi connectivity index (χ0v) is 15.7. The summed E-state index contributed by atoms with van der Waals surface area (Å²) in [6, 6.07) is 6.88. The van der Waals surface area contributed by atoms with Crippen molar-refractivity contribution in [3.63, 3.8) is 0 Å². The molecule has 6 heteroatoms. The minimum atomic E-state index is -0.264. The summed E-state index contributed by atoms with van der Waals surface area (Å²) in [5, 5.41) is 14.0. The van der Waals surface area contributed by atoms with Crippen LogP contribution in [0.2, 0.25) is 0 Å². The van der Waals surface area contributed by atoms with Crippen molar-refractivity contribution in [2.24, 2.45) is 5.92 Å². The monoisotopic (exact) mass is 360 g/mol. The predicted molar refractivity (Wildman–Crippen MR) is 104 cm³/mol. The molecular formula is C20H29FN4O. The van der Waals surface area contributed by atoms with Crippen molar-refractivity contribution in [2.75, 3.05) is 51.8 Å². The number of benzene rings is 1. The molecule has 1 saturated heterocycles. The molecule has 1 atom stereocenters. The van der Waals surface area contributed by atoms with Crippen LogP contribution in [0.3, 0.4) is 0 Å². The van der Waals surface area contributed by atoms with E-state index >= 15 is 0 Å². The summed E-state index contributed by atoms with van der Waals surface area (Å²) >= 11 is 0. The molecule has 1 aliphatic heterocycles. The van der Waals surface area contributed by atoms with E-state index in [2.05, 4.69) is 35.3 Å². The number of hydrogen-bond donors (Lipinski definition) is 2. The van der Waals surface area contributed by atoms with E-state index in [0.29, 0.717) is 5.52 Å². The first-order chi connectivity index (χ1) is 12.6. The van der Waals surface area contributed by atoms with E-state index in [1.165, 1.54) is 12.1 Å². The van der Waals surface area contributed by atoms with Gasteiger partial charge in [0.15, 0.2) is 0 Å². The summed E-state index contributed by atoms with van der Waals surface area (Å²) < 4.78 is 13.6. The number of nitrogens with zero attached hydrogens (tertiary/aromatic N) is 3. The number of likely N-dealkylation sites (N-methyl/N-ethyl adjacent to an activating group) is 1. The highest BCUT2D eigenvalue weighted by Crippen LogP contribution is 2.28. The van der Waals surface area contributed by atoms with E-state index in [1.54, 1.807) is 6.07 Å². The average molecular weight is 360 g/mol. The molecule has 1 aromatic heterocycles. The third-order valence-electron chi connectivity index (χ3n) is 4.96. The van der Waals surface area contributed by atoms with Gasteiger partial charge in [0.2, 0.25) is 0 Å². The van der Waals surface area contributed by atoms with Crippen LogP contribution >= 0.6 is 0 Å². The van der Waals surface area contributed by atoms with Crippen molar-refractivity contribution in [2.45, 2.75) is 19.4 Å². The number of hydrogen-bond acceptors (Lipinski definition) is 5. The maximum Gasteiger partial charge on any atom is 0.133 e. The first-order valence-corrected chi connectivity index (χ1v) is 9.37. The van der Waals surface area contributed by atoms with Gasteiger partial charge in [0.05, 0.1) is 5.52 Å². The smallest absolute Gasteiger partial charge is 0.133 e. The fourth-order valence-electron chi connectivity index (χ4n) is 3.51. The molecule has 142 valence electrons. The highest BCUT2D eigenvalue weighted by atomic mass is 19.1. The molecule has 0 bridgehead atoms. The standard InChI is InChI=1S/C20H29FN4O/c1-24(2)9-7-22-12-17-10-16-5-6-18(21)11-19(16)23-20(17)25-8-3-4-15(13-25)14-26/h5-6,10-11,15,22,26H,3-4,7-9,12-14H2,1-2H3/t15-/m1/s1. The lowest BCUT2D eigenvalue weighted by molar-refractivity contribution is 0.208. The molecule has 2 heterocycles. The lowest BCUT2D eigenvalue weighted by atomic mass is 9.98. The summed E-state index contributed by atoms with van der Waals surface area (Å²) in [5.41, 5.74) is 1.81. The maximum atomic E-state index is 13.6. The molecule has 2 aromatic rings. The van der Waals surface area contributed by atoms with Gasteiger partial charge in [-0.1, -0.05) is 0 Å². The van der Waals surface area contributed by atoms with Gasteiger partial charge in [-0.05, 0) is 51.1 Å². The van der Waals surface area contributed by atoms with Crippen LogP contribution in [-0.4, -0.2) is 61.9 Å². The average Bonchev–Trinajstić information content (AvgIpc) is 2.64. The molecule has 2 N–H and O–H groups in total. The molecule has 5 nitrogen and oxygen atoms in total. The van der Waals surface area contributed by atoms with Gasteiger partial charge in [0.1, 0.15) is 11.6 Å². The molecular weight excluding hydrogens is 331 g/mol. The third-order valence-corrected chi connectivity index (χ3v) is 4.96. The Morgan fingerprint density at radius 1 is 1.35 bits per heavy atom. The van der Waals surface area contributed by atoms with Crippen LogP contribution in [0.15, 0.2) is 24.3 Å². The number of piperidine rings is 1. The van der Waals surface area contributed by atoms with Gasteiger partial charge in [0, 0.05) is 56.3 Å². The summed E-state index contributed by atoms with van der Waals surface area (Å²) in [6.07, 6.45) is 2.09. The Morgan fingerprint density at radius 3 is 2.96 bits per heavy atom. The van der Waals surface area contributed by atoms with E-state index < -0.39 is 0 Å². The normalized spacial score (nSPS) is 18.0. The van der Waals surface area contributed by atoms with Gasteiger partial charge >= 0.3 is 0 Å². The summed E-state index contributed by atoms with van der Waals surface area (Å²) in [5.74, 6) is 0.932. The zero-order chi connectivity index (χ0) is 18.5. The van der Waals surface area contributed by atoms with Crippen LogP contribution < -0.4 is 10.2 Å². The van der Waals surface area contributed by atoms with Crippen LogP contribution in [-0.2, 0) is 6.54 Å². The minimum absolute atomic E-state index is 0.203. The topological polar surface area (TPSA) is 51.6 Å². The molecule has 0 saturated carbocycles. The number of aromatic nitrogens is 1. The number of anilines is 1. The number of pyridine rings is 1. The fourth-order valence-corrected chi connectivity index (χ4v) is 3.51. The second kappa shape index (κ2) is 8.75. The van der Waals surface area contributed by atoms with Crippen LogP contribution in [0.25, 0.3) is 10.9 Å². The molecule has 0 amide bonds. The van der Waals surface area contributed by atoms with E-state index in [1.807, 2.05) is 0 Å². The Bertz CT molecular complexity index is 737. The van der Waals surface area contributed by atoms with E-state index in [4.69, 9.17) is 4.98 Å². The Kier molecular flexibility index (Phi) is 6.40.